The van der Waals surface area contributed by atoms with E-state index < -0.39 is 20.0 Å². The summed E-state index contributed by atoms with van der Waals surface area (Å²) in [5.74, 6) is -2.26. The van der Waals surface area contributed by atoms with Crippen molar-refractivity contribution >= 4 is 63.9 Å². The van der Waals surface area contributed by atoms with Gasteiger partial charge in [0.15, 0.2) is 19.9 Å². The number of ketones is 3. The number of aromatic nitrogens is 6. The standard InChI is InChI=1S/C25H32N4O4SSi.C16H17N3O3S/c1-14(19-18(23(32)28-19)15(2)33-35(6,7)25(3,4)5)21(30)17-12-29-13-27-20(24(29)34-17)22(31)16-9-8-10-26-11-16;1-4-12(20)13-9-19-10-18-14(15(19)23-13)16(21-2,22-3)11-6-5-7-17-8-11/h8-15,18-19H,1-7H3,(H,28,32);5-10H,4H2,1-3H3/t14-,15-,18-,19-;/m1./s1. The lowest BCUT2D eigenvalue weighted by Gasteiger charge is -2.46. The Kier molecular flexibility index (Phi) is 12.4. The van der Waals surface area contributed by atoms with Gasteiger partial charge in [0, 0.05) is 74.9 Å². The molecular formula is C41H49N7O7S2Si. The van der Waals surface area contributed by atoms with E-state index in [1.807, 2.05) is 37.3 Å². The zero-order valence-electron chi connectivity index (χ0n) is 34.3. The number of ether oxygens (including phenoxy) is 2. The van der Waals surface area contributed by atoms with E-state index in [1.54, 1.807) is 74.4 Å². The van der Waals surface area contributed by atoms with E-state index in [0.29, 0.717) is 38.0 Å². The Hall–Kier alpha value is -4.78. The van der Waals surface area contributed by atoms with Gasteiger partial charge in [-0.25, -0.2) is 9.97 Å². The number of nitrogens with one attached hydrogen (secondary N) is 1. The van der Waals surface area contributed by atoms with Crippen molar-refractivity contribution in [3.05, 3.63) is 106 Å². The summed E-state index contributed by atoms with van der Waals surface area (Å²) in [7, 11) is 1.06. The van der Waals surface area contributed by atoms with E-state index >= 15 is 0 Å². The second-order valence-corrected chi connectivity index (χ2v) is 22.5. The Morgan fingerprint density at radius 3 is 2.12 bits per heavy atom. The molecule has 0 aromatic carbocycles. The summed E-state index contributed by atoms with van der Waals surface area (Å²) in [6, 6.07) is 6.78. The molecule has 1 N–H and O–H groups in total. The number of nitrogens with zero attached hydrogens (tertiary/aromatic N) is 6. The van der Waals surface area contributed by atoms with Crippen molar-refractivity contribution in [3.8, 4) is 0 Å². The monoisotopic (exact) mass is 843 g/mol. The number of rotatable bonds is 14. The smallest absolute Gasteiger partial charge is 0.243 e. The summed E-state index contributed by atoms with van der Waals surface area (Å²) >= 11 is 2.62. The summed E-state index contributed by atoms with van der Waals surface area (Å²) in [5, 5.41) is 2.95. The number of hydrogen-bond acceptors (Lipinski definition) is 13. The summed E-state index contributed by atoms with van der Waals surface area (Å²) in [6.07, 6.45) is 13.4. The lowest BCUT2D eigenvalue weighted by Crippen LogP contribution is -2.66. The lowest BCUT2D eigenvalue weighted by atomic mass is 9.77. The largest absolute Gasteiger partial charge is 0.413 e. The van der Waals surface area contributed by atoms with Crippen molar-refractivity contribution in [1.82, 2.24) is 34.1 Å². The molecule has 0 radical (unpaired) electrons. The van der Waals surface area contributed by atoms with Crippen LogP contribution >= 0.6 is 22.7 Å². The predicted octanol–water partition coefficient (Wildman–Crippen LogP) is 7.24. The van der Waals surface area contributed by atoms with E-state index in [0.717, 1.165) is 10.4 Å². The number of hydrogen-bond donors (Lipinski definition) is 1. The second kappa shape index (κ2) is 16.8. The molecule has 1 aliphatic heterocycles. The van der Waals surface area contributed by atoms with Crippen LogP contribution in [0.15, 0.2) is 74.1 Å². The van der Waals surface area contributed by atoms with Gasteiger partial charge in [-0.05, 0) is 43.3 Å². The summed E-state index contributed by atoms with van der Waals surface area (Å²) in [5.41, 5.74) is 2.08. The quantitative estimate of drug-likeness (QED) is 0.0508. The number of carbonyl (C=O) groups excluding carboxylic acids is 4. The number of Topliss-reactive ketones (excluding diaryl/α,β-unsaturated/α-hetero) is 2. The highest BCUT2D eigenvalue weighted by molar-refractivity contribution is 7.20. The number of β-lactam (4-membered cyclic amide) rings is 1. The lowest BCUT2D eigenvalue weighted by molar-refractivity contribution is -0.185. The van der Waals surface area contributed by atoms with Crippen LogP contribution in [0.5, 0.6) is 0 Å². The zero-order valence-corrected chi connectivity index (χ0v) is 36.9. The van der Waals surface area contributed by atoms with E-state index in [4.69, 9.17) is 13.9 Å². The first-order chi connectivity index (χ1) is 27.5. The molecule has 1 fully saturated rings. The number of methoxy groups -OCH3 is 2. The van der Waals surface area contributed by atoms with Gasteiger partial charge in [0.2, 0.25) is 17.5 Å². The van der Waals surface area contributed by atoms with Crippen LogP contribution in [-0.4, -0.2) is 86.7 Å². The van der Waals surface area contributed by atoms with Crippen LogP contribution < -0.4 is 5.32 Å². The molecule has 1 amide bonds. The van der Waals surface area contributed by atoms with Gasteiger partial charge in [0.05, 0.1) is 27.8 Å². The maximum Gasteiger partial charge on any atom is 0.243 e. The first-order valence-electron chi connectivity index (χ1n) is 18.9. The number of pyridine rings is 2. The van der Waals surface area contributed by atoms with Gasteiger partial charge < -0.3 is 19.2 Å². The predicted molar refractivity (Wildman–Crippen MR) is 224 cm³/mol. The first kappa shape index (κ1) is 42.8. The van der Waals surface area contributed by atoms with Gasteiger partial charge in [0.1, 0.15) is 33.7 Å². The van der Waals surface area contributed by atoms with Crippen molar-refractivity contribution in [2.45, 2.75) is 84.0 Å². The number of imidazole rings is 2. The molecule has 4 atom stereocenters. The molecule has 0 unspecified atom stereocenters. The van der Waals surface area contributed by atoms with Gasteiger partial charge in [0.25, 0.3) is 0 Å². The molecule has 6 aromatic heterocycles. The van der Waals surface area contributed by atoms with E-state index in [1.165, 1.54) is 28.9 Å². The molecule has 58 heavy (non-hydrogen) atoms. The highest BCUT2D eigenvalue weighted by Gasteiger charge is 2.50. The van der Waals surface area contributed by atoms with Crippen LogP contribution in [0.1, 0.15) is 94.6 Å². The highest BCUT2D eigenvalue weighted by atomic mass is 32.1. The van der Waals surface area contributed by atoms with Crippen molar-refractivity contribution in [1.29, 1.82) is 0 Å². The van der Waals surface area contributed by atoms with Crippen molar-refractivity contribution in [2.75, 3.05) is 14.2 Å². The average molecular weight is 844 g/mol. The number of carbonyl (C=O) groups is 4. The molecule has 0 saturated carbocycles. The minimum atomic E-state index is -2.07. The fraction of sp³-hybridized carbons (Fsp3) is 0.415. The molecule has 0 aliphatic carbocycles. The van der Waals surface area contributed by atoms with Gasteiger partial charge in [-0.2, -0.15) is 0 Å². The molecule has 306 valence electrons. The Balaban J connectivity index is 0.000000213. The van der Waals surface area contributed by atoms with Crippen LogP contribution in [0.3, 0.4) is 0 Å². The minimum Gasteiger partial charge on any atom is -0.413 e. The number of thiazole rings is 2. The van der Waals surface area contributed by atoms with Crippen LogP contribution in [0, 0.1) is 11.8 Å². The SMILES string of the molecule is CCC(=O)c1cn2cnc(C(OC)(OC)c3cccnc3)c2s1.C[C@@H](O[Si](C)(C)C(C)(C)C)[C@H]1C(=O)N[C@@H]1[C@@H](C)C(=O)c1cn2cnc(C(=O)c3cccnc3)c2s1. The third kappa shape index (κ3) is 7.98. The van der Waals surface area contributed by atoms with E-state index in [9.17, 15) is 19.2 Å². The van der Waals surface area contributed by atoms with Crippen LogP contribution in [0.2, 0.25) is 18.1 Å². The van der Waals surface area contributed by atoms with Crippen molar-refractivity contribution in [2.24, 2.45) is 11.8 Å². The van der Waals surface area contributed by atoms with Gasteiger partial charge in [-0.1, -0.05) is 40.7 Å². The number of amides is 1. The first-order valence-corrected chi connectivity index (χ1v) is 23.5. The van der Waals surface area contributed by atoms with E-state index in [2.05, 4.69) is 59.1 Å². The molecule has 7 heterocycles. The summed E-state index contributed by atoms with van der Waals surface area (Å²) < 4.78 is 21.4. The molecule has 0 bridgehead atoms. The summed E-state index contributed by atoms with van der Waals surface area (Å²) in [4.78, 5) is 70.2. The molecular weight excluding hydrogens is 795 g/mol. The van der Waals surface area contributed by atoms with Gasteiger partial charge in [-0.3, -0.25) is 37.9 Å². The molecule has 1 saturated heterocycles. The van der Waals surface area contributed by atoms with Crippen molar-refractivity contribution < 1.29 is 33.1 Å². The molecule has 17 heteroatoms. The molecule has 7 rings (SSSR count). The van der Waals surface area contributed by atoms with Crippen LogP contribution in [-0.2, 0) is 24.5 Å². The molecule has 14 nitrogen and oxygen atoms in total. The van der Waals surface area contributed by atoms with E-state index in [-0.39, 0.29) is 46.4 Å². The Morgan fingerprint density at radius 2 is 1.53 bits per heavy atom. The Morgan fingerprint density at radius 1 is 0.914 bits per heavy atom. The van der Waals surface area contributed by atoms with Gasteiger partial charge >= 0.3 is 0 Å². The topological polar surface area (TPSA) is 168 Å². The summed E-state index contributed by atoms with van der Waals surface area (Å²) in [6.45, 7) is 16.4. The fourth-order valence-electron chi connectivity index (χ4n) is 6.70. The average Bonchev–Trinajstić information content (AvgIpc) is 3.99. The van der Waals surface area contributed by atoms with Crippen molar-refractivity contribution in [3.63, 3.8) is 0 Å². The molecule has 6 aromatic rings. The Labute approximate surface area is 346 Å². The third-order valence-electron chi connectivity index (χ3n) is 11.1. The molecule has 1 aliphatic rings. The maximum absolute atomic E-state index is 13.4. The maximum atomic E-state index is 13.4. The fourth-order valence-corrected chi connectivity index (χ4v) is 10.4. The third-order valence-corrected chi connectivity index (χ3v) is 17.9. The van der Waals surface area contributed by atoms with Crippen LogP contribution in [0.4, 0.5) is 0 Å². The van der Waals surface area contributed by atoms with Crippen LogP contribution in [0.25, 0.3) is 9.66 Å². The van der Waals surface area contributed by atoms with Gasteiger partial charge in [-0.15, -0.1) is 22.7 Å². The molecule has 0 spiro atoms. The minimum absolute atomic E-state index is 0.0240. The highest BCUT2D eigenvalue weighted by Crippen LogP contribution is 2.41. The Bertz CT molecular complexity index is 2430. The zero-order chi connectivity index (χ0) is 42.2. The number of fused-ring (bicyclic) bond motifs is 2. The normalized spacial score (nSPS) is 17.0. The second-order valence-electron chi connectivity index (χ2n) is 15.7.